The van der Waals surface area contributed by atoms with E-state index in [4.69, 9.17) is 10.9 Å². The number of amides is 1. The molecule has 1 amide bonds. The average molecular weight is 346 g/mol. The van der Waals surface area contributed by atoms with Crippen LogP contribution in [0.25, 0.3) is 0 Å². The number of rotatable bonds is 4. The van der Waals surface area contributed by atoms with Crippen LogP contribution < -0.4 is 11.1 Å². The number of thiophene rings is 1. The van der Waals surface area contributed by atoms with Gasteiger partial charge >= 0.3 is 0 Å². The van der Waals surface area contributed by atoms with Crippen molar-refractivity contribution < 1.29 is 10.0 Å². The van der Waals surface area contributed by atoms with Crippen LogP contribution in [-0.2, 0) is 11.3 Å². The van der Waals surface area contributed by atoms with Gasteiger partial charge in [0.1, 0.15) is 5.41 Å². The molecule has 4 N–H and O–H groups in total. The van der Waals surface area contributed by atoms with Crippen LogP contribution in [0.15, 0.2) is 21.1 Å². The summed E-state index contributed by atoms with van der Waals surface area (Å²) in [5.74, 6) is 0.258. The number of carbonyl (C=O) groups is 1. The lowest BCUT2D eigenvalue weighted by Gasteiger charge is -2.43. The summed E-state index contributed by atoms with van der Waals surface area (Å²) < 4.78 is 0.984. The number of hydrogen-bond acceptors (Lipinski definition) is 4. The molecule has 1 aromatic rings. The SMILES string of the molecule is CC1CC(C(=O)NCc2sccc2Br)(/C(N)=N/O)C1. The van der Waals surface area contributed by atoms with Crippen molar-refractivity contribution in [2.24, 2.45) is 22.2 Å². The Labute approximate surface area is 124 Å². The minimum atomic E-state index is -0.835. The standard InChI is InChI=1S/C12H16BrN3O2S/c1-7-4-12(5-7,10(14)16-18)11(17)15-6-9-8(13)2-3-19-9/h2-3,7,18H,4-6H2,1H3,(H2,14,16)(H,15,17). The molecule has 1 heterocycles. The number of nitrogens with one attached hydrogen (secondary N) is 1. The molecule has 1 aromatic heterocycles. The van der Waals surface area contributed by atoms with Crippen molar-refractivity contribution >= 4 is 39.0 Å². The maximum Gasteiger partial charge on any atom is 0.234 e. The van der Waals surface area contributed by atoms with Gasteiger partial charge in [-0.2, -0.15) is 0 Å². The number of hydrogen-bond donors (Lipinski definition) is 3. The van der Waals surface area contributed by atoms with Gasteiger partial charge in [-0.05, 0) is 46.1 Å². The van der Waals surface area contributed by atoms with Crippen LogP contribution >= 0.6 is 27.3 Å². The van der Waals surface area contributed by atoms with Crippen molar-refractivity contribution in [1.29, 1.82) is 0 Å². The molecule has 0 bridgehead atoms. The lowest BCUT2D eigenvalue weighted by Crippen LogP contribution is -2.56. The van der Waals surface area contributed by atoms with Gasteiger partial charge in [0.25, 0.3) is 0 Å². The predicted octanol–water partition coefficient (Wildman–Crippen LogP) is 2.29. The zero-order valence-corrected chi connectivity index (χ0v) is 12.9. The van der Waals surface area contributed by atoms with E-state index in [2.05, 4.69) is 26.4 Å². The molecule has 0 aromatic carbocycles. The van der Waals surface area contributed by atoms with E-state index >= 15 is 0 Å². The lowest BCUT2D eigenvalue weighted by atomic mass is 9.61. The number of nitrogens with two attached hydrogens (primary N) is 1. The molecule has 2 rings (SSSR count). The highest BCUT2D eigenvalue weighted by molar-refractivity contribution is 9.10. The molecule has 0 radical (unpaired) electrons. The average Bonchev–Trinajstić information content (AvgIpc) is 2.76. The summed E-state index contributed by atoms with van der Waals surface area (Å²) >= 11 is 4.99. The maximum atomic E-state index is 12.3. The maximum absolute atomic E-state index is 12.3. The molecule has 1 aliphatic rings. The minimum absolute atomic E-state index is 0.00773. The first-order valence-corrected chi connectivity index (χ1v) is 7.65. The smallest absolute Gasteiger partial charge is 0.234 e. The third-order valence-corrected chi connectivity index (χ3v) is 5.45. The molecular formula is C12H16BrN3O2S. The molecule has 0 spiro atoms. The Morgan fingerprint density at radius 3 is 2.89 bits per heavy atom. The third-order valence-electron chi connectivity index (χ3n) is 3.53. The quantitative estimate of drug-likeness (QED) is 0.338. The Hall–Kier alpha value is -1.08. The fourth-order valence-electron chi connectivity index (χ4n) is 2.52. The molecule has 19 heavy (non-hydrogen) atoms. The van der Waals surface area contributed by atoms with Gasteiger partial charge in [-0.3, -0.25) is 4.79 Å². The van der Waals surface area contributed by atoms with Crippen molar-refractivity contribution in [1.82, 2.24) is 5.32 Å². The molecule has 104 valence electrons. The van der Waals surface area contributed by atoms with Crippen LogP contribution in [0.4, 0.5) is 0 Å². The normalized spacial score (nSPS) is 26.8. The highest BCUT2D eigenvalue weighted by Crippen LogP contribution is 2.46. The third kappa shape index (κ3) is 2.62. The second kappa shape index (κ2) is 5.50. The molecule has 1 saturated carbocycles. The highest BCUT2D eigenvalue weighted by Gasteiger charge is 2.52. The van der Waals surface area contributed by atoms with E-state index in [0.717, 1.165) is 9.35 Å². The van der Waals surface area contributed by atoms with Crippen LogP contribution in [0, 0.1) is 11.3 Å². The fraction of sp³-hybridized carbons (Fsp3) is 0.500. The monoisotopic (exact) mass is 345 g/mol. The molecular weight excluding hydrogens is 330 g/mol. The molecule has 0 unspecified atom stereocenters. The van der Waals surface area contributed by atoms with Crippen molar-refractivity contribution in [2.75, 3.05) is 0 Å². The second-order valence-corrected chi connectivity index (χ2v) is 6.81. The molecule has 1 aliphatic carbocycles. The minimum Gasteiger partial charge on any atom is -0.409 e. The molecule has 1 fully saturated rings. The van der Waals surface area contributed by atoms with E-state index in [1.54, 1.807) is 11.3 Å². The van der Waals surface area contributed by atoms with E-state index in [1.807, 2.05) is 18.4 Å². The van der Waals surface area contributed by atoms with Gasteiger partial charge in [0.15, 0.2) is 5.84 Å². The lowest BCUT2D eigenvalue weighted by molar-refractivity contribution is -0.133. The van der Waals surface area contributed by atoms with Crippen LogP contribution in [-0.4, -0.2) is 17.0 Å². The van der Waals surface area contributed by atoms with Gasteiger partial charge in [0, 0.05) is 9.35 Å². The largest absolute Gasteiger partial charge is 0.409 e. The number of halogens is 1. The van der Waals surface area contributed by atoms with Crippen LogP contribution in [0.2, 0.25) is 0 Å². The number of carbonyl (C=O) groups excluding carboxylic acids is 1. The van der Waals surface area contributed by atoms with Gasteiger partial charge in [0.2, 0.25) is 5.91 Å². The van der Waals surface area contributed by atoms with E-state index < -0.39 is 5.41 Å². The van der Waals surface area contributed by atoms with Crippen molar-refractivity contribution in [3.63, 3.8) is 0 Å². The van der Waals surface area contributed by atoms with Crippen LogP contribution in [0.1, 0.15) is 24.6 Å². The summed E-state index contributed by atoms with van der Waals surface area (Å²) in [6, 6.07) is 1.94. The van der Waals surface area contributed by atoms with Gasteiger partial charge in [-0.25, -0.2) is 0 Å². The number of nitrogens with zero attached hydrogens (tertiary/aromatic N) is 1. The topological polar surface area (TPSA) is 87.7 Å². The molecule has 7 heteroatoms. The van der Waals surface area contributed by atoms with Gasteiger partial charge in [-0.1, -0.05) is 12.1 Å². The first-order valence-electron chi connectivity index (χ1n) is 5.98. The van der Waals surface area contributed by atoms with E-state index in [0.29, 0.717) is 25.3 Å². The summed E-state index contributed by atoms with van der Waals surface area (Å²) in [7, 11) is 0. The Morgan fingerprint density at radius 1 is 1.74 bits per heavy atom. The Bertz CT molecular complexity index is 509. The molecule has 0 aliphatic heterocycles. The van der Waals surface area contributed by atoms with Gasteiger partial charge in [0.05, 0.1) is 6.54 Å². The van der Waals surface area contributed by atoms with Crippen molar-refractivity contribution in [3.8, 4) is 0 Å². The summed E-state index contributed by atoms with van der Waals surface area (Å²) in [4.78, 5) is 13.4. The Morgan fingerprint density at radius 2 is 2.42 bits per heavy atom. The van der Waals surface area contributed by atoms with Crippen molar-refractivity contribution in [2.45, 2.75) is 26.3 Å². The molecule has 0 saturated heterocycles. The summed E-state index contributed by atoms with van der Waals surface area (Å²) in [6.07, 6.45) is 1.25. The number of amidine groups is 1. The summed E-state index contributed by atoms with van der Waals surface area (Å²) in [5, 5.41) is 16.7. The molecule has 5 nitrogen and oxygen atoms in total. The Balaban J connectivity index is 2.04. The van der Waals surface area contributed by atoms with Crippen LogP contribution in [0.3, 0.4) is 0 Å². The summed E-state index contributed by atoms with van der Waals surface area (Å²) in [5.41, 5.74) is 4.85. The highest BCUT2D eigenvalue weighted by atomic mass is 79.9. The number of oxime groups is 1. The zero-order chi connectivity index (χ0) is 14.0. The van der Waals surface area contributed by atoms with E-state index in [-0.39, 0.29) is 11.7 Å². The summed E-state index contributed by atoms with van der Waals surface area (Å²) in [6.45, 7) is 2.50. The fourth-order valence-corrected chi connectivity index (χ4v) is 3.95. The molecule has 0 atom stereocenters. The predicted molar refractivity (Wildman–Crippen MR) is 78.1 cm³/mol. The van der Waals surface area contributed by atoms with E-state index in [1.165, 1.54) is 0 Å². The van der Waals surface area contributed by atoms with Crippen LogP contribution in [0.5, 0.6) is 0 Å². The van der Waals surface area contributed by atoms with Gasteiger partial charge < -0.3 is 16.3 Å². The van der Waals surface area contributed by atoms with Crippen molar-refractivity contribution in [3.05, 3.63) is 20.8 Å². The first-order chi connectivity index (χ1) is 8.99. The van der Waals surface area contributed by atoms with E-state index in [9.17, 15) is 4.79 Å². The Kier molecular flexibility index (Phi) is 4.15. The second-order valence-electron chi connectivity index (χ2n) is 4.96. The van der Waals surface area contributed by atoms with Gasteiger partial charge in [-0.15, -0.1) is 11.3 Å². The zero-order valence-electron chi connectivity index (χ0n) is 10.5. The first kappa shape index (κ1) is 14.3.